The molecule has 1 aliphatic rings. The summed E-state index contributed by atoms with van der Waals surface area (Å²) in [6.45, 7) is 2.25. The first-order valence-corrected chi connectivity index (χ1v) is 15.1. The number of anilines is 3. The SMILES string of the molecule is COc1ccc(NC(=O)Nc2ccc(N3CCC(Cc4ccccc4)CC3)c(C(=O)NCCc3ccccc3)c2)c(OC)c1. The van der Waals surface area contributed by atoms with E-state index in [2.05, 4.69) is 63.3 Å². The van der Waals surface area contributed by atoms with E-state index in [4.69, 9.17) is 9.47 Å². The molecule has 1 aliphatic heterocycles. The summed E-state index contributed by atoms with van der Waals surface area (Å²) in [6.07, 6.45) is 3.90. The van der Waals surface area contributed by atoms with Crippen LogP contribution in [0.1, 0.15) is 34.3 Å². The van der Waals surface area contributed by atoms with E-state index in [-0.39, 0.29) is 5.91 Å². The molecule has 0 spiro atoms. The van der Waals surface area contributed by atoms with Crippen molar-refractivity contribution in [2.24, 2.45) is 5.92 Å². The van der Waals surface area contributed by atoms with Gasteiger partial charge in [0.1, 0.15) is 11.5 Å². The molecule has 0 atom stereocenters. The van der Waals surface area contributed by atoms with Crippen molar-refractivity contribution in [2.75, 3.05) is 49.4 Å². The van der Waals surface area contributed by atoms with Crippen molar-refractivity contribution in [1.82, 2.24) is 5.32 Å². The van der Waals surface area contributed by atoms with Gasteiger partial charge in [-0.2, -0.15) is 0 Å². The quantitative estimate of drug-likeness (QED) is 0.179. The summed E-state index contributed by atoms with van der Waals surface area (Å²) in [7, 11) is 3.10. The lowest BCUT2D eigenvalue weighted by molar-refractivity contribution is 0.0954. The predicted octanol–water partition coefficient (Wildman–Crippen LogP) is 6.78. The molecular formula is C36H40N4O4. The van der Waals surface area contributed by atoms with E-state index < -0.39 is 6.03 Å². The highest BCUT2D eigenvalue weighted by molar-refractivity contribution is 6.04. The number of ether oxygens (including phenoxy) is 2. The van der Waals surface area contributed by atoms with Crippen LogP contribution in [0.5, 0.6) is 11.5 Å². The van der Waals surface area contributed by atoms with E-state index in [1.807, 2.05) is 30.3 Å². The Morgan fingerprint density at radius 3 is 2.18 bits per heavy atom. The number of hydrogen-bond acceptors (Lipinski definition) is 5. The Morgan fingerprint density at radius 2 is 1.50 bits per heavy atom. The third kappa shape index (κ3) is 8.10. The van der Waals surface area contributed by atoms with Crippen LogP contribution in [-0.2, 0) is 12.8 Å². The molecule has 0 bridgehead atoms. The Balaban J connectivity index is 1.29. The Kier molecular flexibility index (Phi) is 10.4. The zero-order valence-electron chi connectivity index (χ0n) is 25.3. The van der Waals surface area contributed by atoms with Crippen LogP contribution in [-0.4, -0.2) is 45.8 Å². The second kappa shape index (κ2) is 15.0. The van der Waals surface area contributed by atoms with E-state index in [1.165, 1.54) is 12.7 Å². The van der Waals surface area contributed by atoms with Gasteiger partial charge in [0.25, 0.3) is 5.91 Å². The van der Waals surface area contributed by atoms with Crippen LogP contribution in [0.2, 0.25) is 0 Å². The molecule has 8 heteroatoms. The Morgan fingerprint density at radius 1 is 0.795 bits per heavy atom. The number of carbonyl (C=O) groups is 2. The van der Waals surface area contributed by atoms with Crippen LogP contribution < -0.4 is 30.3 Å². The number of nitrogens with zero attached hydrogens (tertiary/aromatic N) is 1. The van der Waals surface area contributed by atoms with Crippen LogP contribution in [0.25, 0.3) is 0 Å². The van der Waals surface area contributed by atoms with Gasteiger partial charge in [0.2, 0.25) is 0 Å². The van der Waals surface area contributed by atoms with Crippen molar-refractivity contribution in [3.63, 3.8) is 0 Å². The number of rotatable bonds is 11. The number of nitrogens with one attached hydrogen (secondary N) is 3. The van der Waals surface area contributed by atoms with Gasteiger partial charge in [-0.3, -0.25) is 4.79 Å². The number of piperidine rings is 1. The zero-order valence-corrected chi connectivity index (χ0v) is 25.3. The minimum atomic E-state index is -0.446. The van der Waals surface area contributed by atoms with Crippen molar-refractivity contribution in [3.8, 4) is 11.5 Å². The molecule has 1 heterocycles. The highest BCUT2D eigenvalue weighted by atomic mass is 16.5. The number of hydrogen-bond donors (Lipinski definition) is 3. The lowest BCUT2D eigenvalue weighted by atomic mass is 9.89. The minimum absolute atomic E-state index is 0.164. The topological polar surface area (TPSA) is 91.9 Å². The summed E-state index contributed by atoms with van der Waals surface area (Å²) < 4.78 is 10.6. The Bertz CT molecular complexity index is 1540. The molecule has 4 aromatic carbocycles. The molecule has 3 N–H and O–H groups in total. The van der Waals surface area contributed by atoms with Crippen molar-refractivity contribution < 1.29 is 19.1 Å². The molecular weight excluding hydrogens is 552 g/mol. The molecule has 0 unspecified atom stereocenters. The second-order valence-corrected chi connectivity index (χ2v) is 11.0. The summed E-state index contributed by atoms with van der Waals surface area (Å²) in [4.78, 5) is 28.8. The maximum atomic E-state index is 13.6. The number of urea groups is 1. The zero-order chi connectivity index (χ0) is 30.7. The molecule has 3 amide bonds. The van der Waals surface area contributed by atoms with Gasteiger partial charge in [0.05, 0.1) is 25.5 Å². The van der Waals surface area contributed by atoms with E-state index in [1.54, 1.807) is 31.4 Å². The fraction of sp³-hybridized carbons (Fsp3) is 0.278. The number of methoxy groups -OCH3 is 2. The normalized spacial score (nSPS) is 13.2. The first-order chi connectivity index (χ1) is 21.5. The average molecular weight is 593 g/mol. The maximum absolute atomic E-state index is 13.6. The van der Waals surface area contributed by atoms with Crippen molar-refractivity contribution in [2.45, 2.75) is 25.7 Å². The third-order valence-electron chi connectivity index (χ3n) is 8.02. The summed E-state index contributed by atoms with van der Waals surface area (Å²) in [5, 5.41) is 8.79. The van der Waals surface area contributed by atoms with Gasteiger partial charge < -0.3 is 30.3 Å². The highest BCUT2D eigenvalue weighted by Crippen LogP contribution is 2.31. The first kappa shape index (κ1) is 30.5. The van der Waals surface area contributed by atoms with Crippen molar-refractivity contribution in [3.05, 3.63) is 114 Å². The van der Waals surface area contributed by atoms with Gasteiger partial charge in [-0.25, -0.2) is 4.79 Å². The molecule has 0 aliphatic carbocycles. The summed E-state index contributed by atoms with van der Waals surface area (Å²) in [6, 6.07) is 31.0. The molecule has 0 radical (unpaired) electrons. The van der Waals surface area contributed by atoms with Gasteiger partial charge in [-0.1, -0.05) is 60.7 Å². The van der Waals surface area contributed by atoms with Crippen LogP contribution in [0.15, 0.2) is 97.1 Å². The molecule has 0 aromatic heterocycles. The van der Waals surface area contributed by atoms with Crippen LogP contribution in [0.3, 0.4) is 0 Å². The second-order valence-electron chi connectivity index (χ2n) is 11.0. The lowest BCUT2D eigenvalue weighted by Crippen LogP contribution is -2.36. The van der Waals surface area contributed by atoms with Gasteiger partial charge in [-0.05, 0) is 73.1 Å². The molecule has 8 nitrogen and oxygen atoms in total. The van der Waals surface area contributed by atoms with Gasteiger partial charge in [-0.15, -0.1) is 0 Å². The highest BCUT2D eigenvalue weighted by Gasteiger charge is 2.24. The van der Waals surface area contributed by atoms with Gasteiger partial charge in [0.15, 0.2) is 0 Å². The van der Waals surface area contributed by atoms with Gasteiger partial charge in [0, 0.05) is 37.1 Å². The maximum Gasteiger partial charge on any atom is 0.323 e. The van der Waals surface area contributed by atoms with E-state index >= 15 is 0 Å². The van der Waals surface area contributed by atoms with E-state index in [9.17, 15) is 9.59 Å². The largest absolute Gasteiger partial charge is 0.497 e. The molecule has 5 rings (SSSR count). The molecule has 0 saturated carbocycles. The fourth-order valence-corrected chi connectivity index (χ4v) is 5.64. The molecule has 228 valence electrons. The minimum Gasteiger partial charge on any atom is -0.497 e. The summed E-state index contributed by atoms with van der Waals surface area (Å²) in [5.74, 6) is 1.54. The number of amides is 3. The monoisotopic (exact) mass is 592 g/mol. The van der Waals surface area contributed by atoms with Crippen LogP contribution in [0, 0.1) is 5.92 Å². The van der Waals surface area contributed by atoms with Crippen molar-refractivity contribution >= 4 is 29.0 Å². The lowest BCUT2D eigenvalue weighted by Gasteiger charge is -2.35. The van der Waals surface area contributed by atoms with Crippen molar-refractivity contribution in [1.29, 1.82) is 0 Å². The molecule has 44 heavy (non-hydrogen) atoms. The fourth-order valence-electron chi connectivity index (χ4n) is 5.64. The Hall–Kier alpha value is -4.98. The van der Waals surface area contributed by atoms with Crippen LogP contribution >= 0.6 is 0 Å². The third-order valence-corrected chi connectivity index (χ3v) is 8.02. The summed E-state index contributed by atoms with van der Waals surface area (Å²) >= 11 is 0. The average Bonchev–Trinajstić information content (AvgIpc) is 3.06. The number of carbonyl (C=O) groups excluding carboxylic acids is 2. The Labute approximate surface area is 259 Å². The predicted molar refractivity (Wildman–Crippen MR) is 176 cm³/mol. The van der Waals surface area contributed by atoms with E-state index in [0.717, 1.165) is 50.0 Å². The van der Waals surface area contributed by atoms with E-state index in [0.29, 0.717) is 40.9 Å². The number of benzene rings is 4. The van der Waals surface area contributed by atoms with Crippen LogP contribution in [0.4, 0.5) is 21.9 Å². The standard InChI is InChI=1S/C36H40N4O4/c1-43-30-14-15-32(34(25-30)44-2)39-36(42)38-29-13-16-33(31(24-29)35(41)37-20-17-26-9-5-3-6-10-26)40-21-18-28(19-22-40)23-27-11-7-4-8-12-27/h3-16,24-25,28H,17-23H2,1-2H3,(H,37,41)(H2,38,39,42). The molecule has 1 saturated heterocycles. The summed E-state index contributed by atoms with van der Waals surface area (Å²) in [5.41, 5.74) is 4.97. The first-order valence-electron chi connectivity index (χ1n) is 15.1. The molecule has 1 fully saturated rings. The van der Waals surface area contributed by atoms with Gasteiger partial charge >= 0.3 is 6.03 Å². The molecule has 4 aromatic rings. The smallest absolute Gasteiger partial charge is 0.323 e.